The van der Waals surface area contributed by atoms with Gasteiger partial charge in [0.25, 0.3) is 0 Å². The van der Waals surface area contributed by atoms with Crippen molar-refractivity contribution in [2.24, 2.45) is 0 Å². The van der Waals surface area contributed by atoms with Crippen molar-refractivity contribution >= 4 is 40.9 Å². The molecule has 6 aromatic carbocycles. The van der Waals surface area contributed by atoms with Gasteiger partial charge in [-0.25, -0.2) is 4.98 Å². The van der Waals surface area contributed by atoms with Gasteiger partial charge in [0.15, 0.2) is 0 Å². The van der Waals surface area contributed by atoms with Crippen LogP contribution in [0.4, 0.5) is 28.4 Å². The molecule has 0 aliphatic carbocycles. The van der Waals surface area contributed by atoms with Gasteiger partial charge in [-0.1, -0.05) is 84.4 Å². The van der Waals surface area contributed by atoms with Crippen molar-refractivity contribution in [2.45, 2.75) is 19.8 Å². The molecule has 0 atom stereocenters. The van der Waals surface area contributed by atoms with E-state index in [1.165, 1.54) is 44.8 Å². The largest absolute Gasteiger partial charge is 0.457 e. The highest BCUT2D eigenvalue weighted by molar-refractivity contribution is 6.77. The lowest BCUT2D eigenvalue weighted by atomic mass is 9.60. The average molecular weight is 662 g/mol. The van der Waals surface area contributed by atoms with Gasteiger partial charge in [-0.2, -0.15) is 0 Å². The number of rotatable bonds is 4. The van der Waals surface area contributed by atoms with Gasteiger partial charge in [0.1, 0.15) is 24.0 Å². The van der Waals surface area contributed by atoms with Gasteiger partial charge in [0.05, 0.1) is 23.3 Å². The van der Waals surface area contributed by atoms with Crippen LogP contribution in [-0.4, -0.2) is 30.2 Å². The summed E-state index contributed by atoms with van der Waals surface area (Å²) in [7, 11) is 2.22. The molecule has 0 fully saturated rings. The molecule has 0 spiro atoms. The summed E-state index contributed by atoms with van der Waals surface area (Å²) in [5.74, 6) is 2.53. The summed E-state index contributed by atoms with van der Waals surface area (Å²) < 4.78 is 9.12. The van der Waals surface area contributed by atoms with E-state index in [0.29, 0.717) is 0 Å². The Morgan fingerprint density at radius 3 is 2.16 bits per heavy atom. The molecule has 4 heterocycles. The fraction of sp³-hybridized carbons (Fsp3) is 0.114. The summed E-state index contributed by atoms with van der Waals surface area (Å²) in [6.45, 7) is 2.94. The van der Waals surface area contributed by atoms with Crippen molar-refractivity contribution in [1.29, 1.82) is 0 Å². The van der Waals surface area contributed by atoms with E-state index < -0.39 is 0 Å². The van der Waals surface area contributed by atoms with Crippen LogP contribution in [0.3, 0.4) is 0 Å². The van der Waals surface area contributed by atoms with E-state index in [-0.39, 0.29) is 6.98 Å². The third-order valence-corrected chi connectivity index (χ3v) is 10.8. The highest BCUT2D eigenvalue weighted by Gasteiger charge is 2.40. The number of fused-ring (bicyclic) bond motifs is 7. The van der Waals surface area contributed by atoms with Crippen LogP contribution in [0.1, 0.15) is 16.7 Å². The van der Waals surface area contributed by atoms with Gasteiger partial charge in [-0.3, -0.25) is 0 Å². The number of hydrogen-bond donors (Lipinski definition) is 0. The van der Waals surface area contributed by atoms with E-state index in [1.807, 2.05) is 6.07 Å². The molecule has 7 aromatic rings. The molecule has 3 aliphatic heterocycles. The van der Waals surface area contributed by atoms with Gasteiger partial charge >= 0.3 is 6.98 Å². The maximum Gasteiger partial charge on any atom is 0.417 e. The van der Waals surface area contributed by atoms with Crippen molar-refractivity contribution in [1.82, 2.24) is 9.46 Å². The van der Waals surface area contributed by atoms with Crippen molar-refractivity contribution < 1.29 is 4.74 Å². The highest BCUT2D eigenvalue weighted by atomic mass is 16.5. The predicted octanol–water partition coefficient (Wildman–Crippen LogP) is 9.36. The standard InChI is InChI=1S/C44H36BN5O/c1-30-12-10-14-32-23-22-31-13-6-7-19-37(31)42-28-46-44-38-27-36(24-25-39(38)47(2)45(43(30)32)50(42)44)51-35-18-11-17-34(26-35)49-29-48(33-15-4-3-5-16-33)40-20-8-9-21-41(40)49/h3-21,24-28H,22-23,29H2,1-2H3. The Morgan fingerprint density at radius 2 is 1.29 bits per heavy atom. The third-order valence-electron chi connectivity index (χ3n) is 10.8. The number of para-hydroxylation sites is 3. The van der Waals surface area contributed by atoms with Crippen LogP contribution in [0.25, 0.3) is 22.6 Å². The number of ether oxygens (including phenoxy) is 1. The Morgan fingerprint density at radius 1 is 0.608 bits per heavy atom. The summed E-state index contributed by atoms with van der Waals surface area (Å²) in [6, 6.07) is 49.6. The molecule has 51 heavy (non-hydrogen) atoms. The van der Waals surface area contributed by atoms with E-state index >= 15 is 0 Å². The molecule has 0 saturated carbocycles. The van der Waals surface area contributed by atoms with Gasteiger partial charge in [0, 0.05) is 34.3 Å². The van der Waals surface area contributed by atoms with E-state index in [4.69, 9.17) is 9.72 Å². The van der Waals surface area contributed by atoms with Crippen LogP contribution >= 0.6 is 0 Å². The molecular formula is C44H36BN5O. The fourth-order valence-corrected chi connectivity index (χ4v) is 8.40. The van der Waals surface area contributed by atoms with Crippen molar-refractivity contribution in [3.05, 3.63) is 162 Å². The van der Waals surface area contributed by atoms with Crippen LogP contribution in [0.15, 0.2) is 146 Å². The first kappa shape index (κ1) is 29.7. The Kier molecular flexibility index (Phi) is 6.81. The first-order valence-electron chi connectivity index (χ1n) is 17.7. The van der Waals surface area contributed by atoms with Gasteiger partial charge in [-0.15, -0.1) is 0 Å². The minimum absolute atomic E-state index is 0.0189. The lowest BCUT2D eigenvalue weighted by Gasteiger charge is -2.37. The van der Waals surface area contributed by atoms with Crippen LogP contribution in [0, 0.1) is 6.92 Å². The molecule has 0 N–H and O–H groups in total. The molecule has 0 saturated heterocycles. The Hall–Kier alpha value is -6.21. The minimum atomic E-state index is -0.0189. The second-order valence-electron chi connectivity index (χ2n) is 13.7. The van der Waals surface area contributed by atoms with Crippen LogP contribution < -0.4 is 24.8 Å². The van der Waals surface area contributed by atoms with E-state index in [9.17, 15) is 0 Å². The molecule has 7 heteroatoms. The molecule has 0 unspecified atom stereocenters. The second kappa shape index (κ2) is 11.7. The topological polar surface area (TPSA) is 36.8 Å². The summed E-state index contributed by atoms with van der Waals surface area (Å²) >= 11 is 0. The number of anilines is 5. The number of benzene rings is 6. The number of aryl methyl sites for hydroxylation is 3. The Labute approximate surface area is 298 Å². The lowest BCUT2D eigenvalue weighted by molar-refractivity contribution is 0.483. The normalized spacial score (nSPS) is 14.1. The second-order valence-corrected chi connectivity index (χ2v) is 13.7. The predicted molar refractivity (Wildman–Crippen MR) is 209 cm³/mol. The minimum Gasteiger partial charge on any atom is -0.457 e. The maximum absolute atomic E-state index is 6.67. The first-order chi connectivity index (χ1) is 25.1. The molecule has 1 aromatic heterocycles. The summed E-state index contributed by atoms with van der Waals surface area (Å²) in [4.78, 5) is 12.3. The Bertz CT molecular complexity index is 2460. The average Bonchev–Trinajstić information content (AvgIpc) is 3.79. The quantitative estimate of drug-likeness (QED) is 0.176. The zero-order valence-electron chi connectivity index (χ0n) is 28.7. The van der Waals surface area contributed by atoms with Crippen molar-refractivity contribution in [2.75, 3.05) is 28.3 Å². The smallest absolute Gasteiger partial charge is 0.417 e. The zero-order chi connectivity index (χ0) is 34.1. The fourth-order valence-electron chi connectivity index (χ4n) is 8.40. The summed E-state index contributed by atoms with van der Waals surface area (Å²) in [5, 5.41) is 0. The number of aromatic nitrogens is 2. The van der Waals surface area contributed by atoms with Crippen molar-refractivity contribution in [3.63, 3.8) is 0 Å². The van der Waals surface area contributed by atoms with Gasteiger partial charge in [-0.05, 0) is 98.0 Å². The summed E-state index contributed by atoms with van der Waals surface area (Å²) in [5.41, 5.74) is 14.6. The van der Waals surface area contributed by atoms with E-state index in [0.717, 1.165) is 59.5 Å². The number of nitrogens with zero attached hydrogens (tertiary/aromatic N) is 5. The van der Waals surface area contributed by atoms with Gasteiger partial charge < -0.3 is 23.8 Å². The number of imidazole rings is 1. The summed E-state index contributed by atoms with van der Waals surface area (Å²) in [6.07, 6.45) is 4.05. The van der Waals surface area contributed by atoms with Crippen molar-refractivity contribution in [3.8, 4) is 34.1 Å². The van der Waals surface area contributed by atoms with E-state index in [2.05, 4.69) is 173 Å². The van der Waals surface area contributed by atoms with Crippen LogP contribution in [0.5, 0.6) is 11.5 Å². The highest BCUT2D eigenvalue weighted by Crippen LogP contribution is 2.46. The third kappa shape index (κ3) is 4.76. The Balaban J connectivity index is 1.03. The molecule has 0 radical (unpaired) electrons. The lowest BCUT2D eigenvalue weighted by Crippen LogP contribution is -2.56. The zero-order valence-corrected chi connectivity index (χ0v) is 28.7. The van der Waals surface area contributed by atoms with Crippen LogP contribution in [-0.2, 0) is 12.8 Å². The van der Waals surface area contributed by atoms with Gasteiger partial charge in [0.2, 0.25) is 0 Å². The monoisotopic (exact) mass is 661 g/mol. The molecular weight excluding hydrogens is 625 g/mol. The molecule has 0 bridgehead atoms. The molecule has 10 rings (SSSR count). The SMILES string of the molecule is Cc1cccc2c1B1N(C)c3ccc(Oc4cccc(N5CN(c6ccccc6)c6ccccc65)c4)cc3-c3ncc(n31)-c1ccccc1CC2. The first-order valence-corrected chi connectivity index (χ1v) is 17.7. The molecule has 246 valence electrons. The molecule has 0 amide bonds. The maximum atomic E-state index is 6.67. The molecule has 3 aliphatic rings. The molecule has 6 nitrogen and oxygen atoms in total. The number of hydrogen-bond acceptors (Lipinski definition) is 5. The van der Waals surface area contributed by atoms with Crippen LogP contribution in [0.2, 0.25) is 0 Å². The van der Waals surface area contributed by atoms with E-state index in [1.54, 1.807) is 0 Å².